The predicted octanol–water partition coefficient (Wildman–Crippen LogP) is -0.506. The summed E-state index contributed by atoms with van der Waals surface area (Å²) in [4.78, 5) is 9.80. The molecule has 2 nitrogen and oxygen atoms in total. The van der Waals surface area contributed by atoms with Gasteiger partial charge in [-0.2, -0.15) is 0 Å². The second-order valence-electron chi connectivity index (χ2n) is 1.52. The maximum absolute atomic E-state index is 9.80. The maximum atomic E-state index is 9.80. The van der Waals surface area contributed by atoms with Crippen molar-refractivity contribution in [3.05, 3.63) is 0 Å². The Bertz CT molecular complexity index is 57.7. The molecule has 0 rings (SSSR count). The van der Waals surface area contributed by atoms with E-state index in [9.17, 15) is 4.79 Å². The van der Waals surface area contributed by atoms with Crippen molar-refractivity contribution in [3.8, 4) is 0 Å². The molecule has 0 amide bonds. The first-order valence-electron chi connectivity index (χ1n) is 2.20. The molecule has 38 valence electrons. The zero-order valence-electron chi connectivity index (χ0n) is 4.35. The normalized spacial score (nSPS) is 13.3. The zero-order valence-corrected chi connectivity index (χ0v) is 4.35. The summed E-state index contributed by atoms with van der Waals surface area (Å²) in [6.07, 6.45) is 0.861. The predicted molar refractivity (Wildman–Crippen MR) is 29.0 cm³/mol. The van der Waals surface area contributed by atoms with Crippen LogP contribution in [0, 0.1) is 5.92 Å². The molecule has 0 fully saturated rings. The largest absolute Gasteiger partial charge is 0.366 e. The minimum Gasteiger partial charge on any atom is -0.366 e. The van der Waals surface area contributed by atoms with E-state index in [4.69, 9.17) is 7.98 Å². The Morgan fingerprint density at radius 3 is 2.71 bits per heavy atom. The van der Waals surface area contributed by atoms with Gasteiger partial charge in [0.25, 0.3) is 0 Å². The highest BCUT2D eigenvalue weighted by Crippen LogP contribution is 1.81. The smallest absolute Gasteiger partial charge is 0.177 e. The summed E-state index contributed by atoms with van der Waals surface area (Å²) in [5.41, 5.74) is 0. The summed E-state index contributed by atoms with van der Waals surface area (Å²) < 4.78 is 0. The average molecular weight is 96.9 g/mol. The Balaban J connectivity index is 2.98. The standard InChI is InChI=1S/C4H8BNO/c1-4(3-7)2-6-5/h3-4,6H,2H2,1H3. The van der Waals surface area contributed by atoms with E-state index in [0.29, 0.717) is 6.54 Å². The van der Waals surface area contributed by atoms with Crippen molar-refractivity contribution in [1.29, 1.82) is 0 Å². The minimum atomic E-state index is 0.0324. The molecule has 0 saturated carbocycles. The molecular weight excluding hydrogens is 88.9 g/mol. The molecule has 1 atom stereocenters. The van der Waals surface area contributed by atoms with Gasteiger partial charge in [0.15, 0.2) is 7.98 Å². The van der Waals surface area contributed by atoms with Gasteiger partial charge in [-0.3, -0.25) is 0 Å². The number of carbonyl (C=O) groups excluding carboxylic acids is 1. The van der Waals surface area contributed by atoms with Crippen LogP contribution in [-0.4, -0.2) is 20.8 Å². The topological polar surface area (TPSA) is 29.1 Å². The molecular formula is C4H8BNO. The van der Waals surface area contributed by atoms with E-state index in [1.807, 2.05) is 0 Å². The van der Waals surface area contributed by atoms with Gasteiger partial charge in [-0.15, -0.1) is 0 Å². The molecule has 7 heavy (non-hydrogen) atoms. The average Bonchev–Trinajstić information content (AvgIpc) is 1.68. The third-order valence-corrected chi connectivity index (χ3v) is 0.672. The van der Waals surface area contributed by atoms with Gasteiger partial charge in [0, 0.05) is 5.92 Å². The van der Waals surface area contributed by atoms with Crippen LogP contribution in [0.25, 0.3) is 0 Å². The van der Waals surface area contributed by atoms with Gasteiger partial charge in [-0.1, -0.05) is 6.92 Å². The second kappa shape index (κ2) is 3.87. The molecule has 0 aliphatic rings. The van der Waals surface area contributed by atoms with E-state index >= 15 is 0 Å². The maximum Gasteiger partial charge on any atom is 0.177 e. The number of rotatable bonds is 3. The van der Waals surface area contributed by atoms with Crippen molar-refractivity contribution in [3.63, 3.8) is 0 Å². The van der Waals surface area contributed by atoms with Gasteiger partial charge in [0.05, 0.1) is 0 Å². The molecule has 0 spiro atoms. The Labute approximate surface area is 44.7 Å². The summed E-state index contributed by atoms with van der Waals surface area (Å²) in [6, 6.07) is 0. The van der Waals surface area contributed by atoms with Crippen LogP contribution in [0.5, 0.6) is 0 Å². The van der Waals surface area contributed by atoms with Gasteiger partial charge in [0.2, 0.25) is 0 Å². The van der Waals surface area contributed by atoms with Crippen molar-refractivity contribution < 1.29 is 4.79 Å². The molecule has 0 aliphatic heterocycles. The minimum absolute atomic E-state index is 0.0324. The van der Waals surface area contributed by atoms with Gasteiger partial charge < -0.3 is 10.0 Å². The zero-order chi connectivity index (χ0) is 5.70. The molecule has 0 bridgehead atoms. The third kappa shape index (κ3) is 3.53. The first-order chi connectivity index (χ1) is 3.31. The van der Waals surface area contributed by atoms with Crippen molar-refractivity contribution >= 4 is 14.3 Å². The number of aldehydes is 1. The number of carbonyl (C=O) groups is 1. The van der Waals surface area contributed by atoms with E-state index in [1.54, 1.807) is 6.92 Å². The van der Waals surface area contributed by atoms with Crippen LogP contribution < -0.4 is 5.23 Å². The number of hydrogen-bond acceptors (Lipinski definition) is 2. The van der Waals surface area contributed by atoms with Crippen LogP contribution in [-0.2, 0) is 4.79 Å². The van der Waals surface area contributed by atoms with Crippen LogP contribution in [0.2, 0.25) is 0 Å². The molecule has 0 aliphatic carbocycles. The highest BCUT2D eigenvalue weighted by Gasteiger charge is 1.92. The number of nitrogens with one attached hydrogen (secondary N) is 1. The third-order valence-electron chi connectivity index (χ3n) is 0.672. The summed E-state index contributed by atoms with van der Waals surface area (Å²) in [6.45, 7) is 2.36. The van der Waals surface area contributed by atoms with Crippen LogP contribution in [0.15, 0.2) is 0 Å². The first-order valence-corrected chi connectivity index (χ1v) is 2.20. The Hall–Kier alpha value is -0.305. The number of hydrogen-bond donors (Lipinski definition) is 1. The summed E-state index contributed by atoms with van der Waals surface area (Å²) in [5.74, 6) is 0.0324. The fourth-order valence-electron chi connectivity index (χ4n) is 0.234. The highest BCUT2D eigenvalue weighted by atomic mass is 16.1. The Kier molecular flexibility index (Phi) is 3.70. The lowest BCUT2D eigenvalue weighted by Gasteiger charge is -1.97. The molecule has 0 aromatic rings. The van der Waals surface area contributed by atoms with Crippen LogP contribution in [0.4, 0.5) is 0 Å². The van der Waals surface area contributed by atoms with Gasteiger partial charge in [0.1, 0.15) is 6.29 Å². The van der Waals surface area contributed by atoms with Gasteiger partial charge >= 0.3 is 0 Å². The SMILES string of the molecule is [B]NCC(C)C=O. The molecule has 0 heterocycles. The molecule has 0 aromatic heterocycles. The van der Waals surface area contributed by atoms with Crippen LogP contribution in [0.1, 0.15) is 6.92 Å². The van der Waals surface area contributed by atoms with Gasteiger partial charge in [-0.25, -0.2) is 0 Å². The van der Waals surface area contributed by atoms with E-state index in [2.05, 4.69) is 5.23 Å². The van der Waals surface area contributed by atoms with Crippen molar-refractivity contribution in [2.75, 3.05) is 6.54 Å². The summed E-state index contributed by atoms with van der Waals surface area (Å²) >= 11 is 0. The summed E-state index contributed by atoms with van der Waals surface area (Å²) in [7, 11) is 4.90. The van der Waals surface area contributed by atoms with Gasteiger partial charge in [-0.05, 0) is 6.54 Å². The van der Waals surface area contributed by atoms with E-state index in [0.717, 1.165) is 6.29 Å². The molecule has 2 radical (unpaired) electrons. The Morgan fingerprint density at radius 1 is 2.00 bits per heavy atom. The molecule has 3 heteroatoms. The first kappa shape index (κ1) is 6.69. The lowest BCUT2D eigenvalue weighted by atomic mass is 10.2. The molecule has 0 aromatic carbocycles. The lowest BCUT2D eigenvalue weighted by Crippen LogP contribution is -2.18. The fourth-order valence-corrected chi connectivity index (χ4v) is 0.234. The lowest BCUT2D eigenvalue weighted by molar-refractivity contribution is -0.110. The molecule has 1 N–H and O–H groups in total. The van der Waals surface area contributed by atoms with Crippen molar-refractivity contribution in [2.45, 2.75) is 6.92 Å². The Morgan fingerprint density at radius 2 is 2.57 bits per heavy atom. The van der Waals surface area contributed by atoms with Crippen molar-refractivity contribution in [1.82, 2.24) is 5.23 Å². The van der Waals surface area contributed by atoms with E-state index in [1.165, 1.54) is 0 Å². The molecule has 1 unspecified atom stereocenters. The van der Waals surface area contributed by atoms with Crippen LogP contribution in [0.3, 0.4) is 0 Å². The fraction of sp³-hybridized carbons (Fsp3) is 0.750. The summed E-state index contributed by atoms with van der Waals surface area (Å²) in [5, 5.41) is 2.39. The van der Waals surface area contributed by atoms with E-state index in [-0.39, 0.29) is 5.92 Å². The highest BCUT2D eigenvalue weighted by molar-refractivity contribution is 6.04. The quantitative estimate of drug-likeness (QED) is 0.379. The van der Waals surface area contributed by atoms with Crippen LogP contribution >= 0.6 is 0 Å². The van der Waals surface area contributed by atoms with E-state index < -0.39 is 0 Å². The molecule has 0 saturated heterocycles. The second-order valence-corrected chi connectivity index (χ2v) is 1.52. The monoisotopic (exact) mass is 97.1 g/mol. The van der Waals surface area contributed by atoms with Crippen molar-refractivity contribution in [2.24, 2.45) is 5.92 Å².